The zero-order valence-corrected chi connectivity index (χ0v) is 12.6. The van der Waals surface area contributed by atoms with E-state index >= 15 is 0 Å². The SMILES string of the molecule is CCOC(=O)C1CCN(S(=O)(=O)NCc2ncn[nH]2)CC1. The summed E-state index contributed by atoms with van der Waals surface area (Å²) in [6.07, 6.45) is 2.26. The number of hydrogen-bond acceptors (Lipinski definition) is 6. The fraction of sp³-hybridized carbons (Fsp3) is 0.727. The van der Waals surface area contributed by atoms with E-state index in [9.17, 15) is 13.2 Å². The average molecular weight is 317 g/mol. The van der Waals surface area contributed by atoms with Gasteiger partial charge in [-0.05, 0) is 19.8 Å². The fourth-order valence-corrected chi connectivity index (χ4v) is 3.35. The first-order chi connectivity index (χ1) is 10.0. The van der Waals surface area contributed by atoms with Gasteiger partial charge in [0.15, 0.2) is 0 Å². The third-order valence-electron chi connectivity index (χ3n) is 3.30. The molecule has 2 heterocycles. The van der Waals surface area contributed by atoms with E-state index in [-0.39, 0.29) is 18.4 Å². The van der Waals surface area contributed by atoms with Crippen molar-refractivity contribution in [2.45, 2.75) is 26.3 Å². The van der Waals surface area contributed by atoms with Crippen molar-refractivity contribution in [1.29, 1.82) is 0 Å². The van der Waals surface area contributed by atoms with Gasteiger partial charge in [-0.15, -0.1) is 0 Å². The molecular formula is C11H19N5O4S. The summed E-state index contributed by atoms with van der Waals surface area (Å²) in [6.45, 7) is 2.76. The molecule has 1 aliphatic rings. The number of aromatic nitrogens is 3. The zero-order valence-electron chi connectivity index (χ0n) is 11.8. The van der Waals surface area contributed by atoms with Gasteiger partial charge in [0.1, 0.15) is 12.2 Å². The van der Waals surface area contributed by atoms with Crippen LogP contribution in [0, 0.1) is 5.92 Å². The van der Waals surface area contributed by atoms with Crippen molar-refractivity contribution >= 4 is 16.2 Å². The molecule has 0 radical (unpaired) electrons. The van der Waals surface area contributed by atoms with Crippen LogP contribution in [0.15, 0.2) is 6.33 Å². The summed E-state index contributed by atoms with van der Waals surface area (Å²) in [5, 5.41) is 6.23. The van der Waals surface area contributed by atoms with Crippen LogP contribution in [-0.4, -0.2) is 53.6 Å². The van der Waals surface area contributed by atoms with Crippen LogP contribution in [-0.2, 0) is 26.3 Å². The van der Waals surface area contributed by atoms with Crippen molar-refractivity contribution in [3.63, 3.8) is 0 Å². The quantitative estimate of drug-likeness (QED) is 0.678. The topological polar surface area (TPSA) is 117 Å². The van der Waals surface area contributed by atoms with Gasteiger partial charge in [0.05, 0.1) is 19.1 Å². The number of carbonyl (C=O) groups excluding carboxylic acids is 1. The normalized spacial score (nSPS) is 17.8. The Morgan fingerprint density at radius 2 is 2.24 bits per heavy atom. The number of aromatic amines is 1. The lowest BCUT2D eigenvalue weighted by molar-refractivity contribution is -0.149. The van der Waals surface area contributed by atoms with Crippen LogP contribution in [0.1, 0.15) is 25.6 Å². The van der Waals surface area contributed by atoms with Gasteiger partial charge in [-0.25, -0.2) is 4.98 Å². The lowest BCUT2D eigenvalue weighted by atomic mass is 9.98. The Morgan fingerprint density at radius 3 is 2.81 bits per heavy atom. The van der Waals surface area contributed by atoms with E-state index in [1.54, 1.807) is 6.92 Å². The molecule has 0 aromatic carbocycles. The summed E-state index contributed by atoms with van der Waals surface area (Å²) in [5.41, 5.74) is 0. The summed E-state index contributed by atoms with van der Waals surface area (Å²) < 4.78 is 33.0. The number of hydrogen-bond donors (Lipinski definition) is 2. The van der Waals surface area contributed by atoms with Crippen LogP contribution < -0.4 is 4.72 Å². The lowest BCUT2D eigenvalue weighted by Gasteiger charge is -2.29. The highest BCUT2D eigenvalue weighted by Crippen LogP contribution is 2.20. The Labute approximate surface area is 123 Å². The van der Waals surface area contributed by atoms with Crippen LogP contribution in [0.5, 0.6) is 0 Å². The number of H-pyrrole nitrogens is 1. The van der Waals surface area contributed by atoms with Crippen molar-refractivity contribution < 1.29 is 17.9 Å². The number of nitrogens with zero attached hydrogens (tertiary/aromatic N) is 3. The number of rotatable bonds is 6. The monoisotopic (exact) mass is 317 g/mol. The van der Waals surface area contributed by atoms with Crippen LogP contribution >= 0.6 is 0 Å². The molecule has 0 amide bonds. The number of esters is 1. The molecule has 0 bridgehead atoms. The number of piperidine rings is 1. The molecule has 0 unspecified atom stereocenters. The predicted octanol–water partition coefficient (Wildman–Crippen LogP) is -0.586. The largest absolute Gasteiger partial charge is 0.466 e. The van der Waals surface area contributed by atoms with Crippen LogP contribution in [0.3, 0.4) is 0 Å². The standard InChI is InChI=1S/C11H19N5O4S/c1-2-20-11(17)9-3-5-16(6-4-9)21(18,19)14-7-10-12-8-13-15-10/h8-9,14H,2-7H2,1H3,(H,12,13,15). The molecule has 10 heteroatoms. The Morgan fingerprint density at radius 1 is 1.52 bits per heavy atom. The summed E-state index contributed by atoms with van der Waals surface area (Å²) in [4.78, 5) is 15.5. The molecular weight excluding hydrogens is 298 g/mol. The summed E-state index contributed by atoms with van der Waals surface area (Å²) in [5.74, 6) is -0.0187. The van der Waals surface area contributed by atoms with E-state index in [0.717, 1.165) is 0 Å². The highest BCUT2D eigenvalue weighted by molar-refractivity contribution is 7.87. The van der Waals surface area contributed by atoms with Gasteiger partial charge in [-0.1, -0.05) is 0 Å². The van der Waals surface area contributed by atoms with Gasteiger partial charge in [-0.3, -0.25) is 9.89 Å². The van der Waals surface area contributed by atoms with E-state index in [4.69, 9.17) is 4.74 Å². The van der Waals surface area contributed by atoms with Crippen molar-refractivity contribution in [2.24, 2.45) is 5.92 Å². The smallest absolute Gasteiger partial charge is 0.309 e. The second kappa shape index (κ2) is 6.96. The predicted molar refractivity (Wildman–Crippen MR) is 73.1 cm³/mol. The number of carbonyl (C=O) groups is 1. The molecule has 0 spiro atoms. The molecule has 2 rings (SSSR count). The minimum atomic E-state index is -3.58. The van der Waals surface area contributed by atoms with Crippen molar-refractivity contribution in [3.05, 3.63) is 12.2 Å². The van der Waals surface area contributed by atoms with Crippen molar-refractivity contribution in [3.8, 4) is 0 Å². The second-order valence-electron chi connectivity index (χ2n) is 4.68. The van der Waals surface area contributed by atoms with E-state index in [1.807, 2.05) is 0 Å². The number of nitrogens with one attached hydrogen (secondary N) is 2. The Bertz CT molecular complexity index is 551. The average Bonchev–Trinajstić information content (AvgIpc) is 2.99. The van der Waals surface area contributed by atoms with E-state index in [0.29, 0.717) is 38.4 Å². The van der Waals surface area contributed by atoms with E-state index in [2.05, 4.69) is 19.9 Å². The molecule has 1 aliphatic heterocycles. The molecule has 0 aliphatic carbocycles. The Balaban J connectivity index is 1.84. The second-order valence-corrected chi connectivity index (χ2v) is 6.44. The molecule has 1 saturated heterocycles. The Kier molecular flexibility index (Phi) is 5.26. The molecule has 118 valence electrons. The first-order valence-corrected chi connectivity index (χ1v) is 8.22. The highest BCUT2D eigenvalue weighted by atomic mass is 32.2. The van der Waals surface area contributed by atoms with Gasteiger partial charge < -0.3 is 4.74 Å². The molecule has 1 aromatic rings. The molecule has 1 aromatic heterocycles. The minimum Gasteiger partial charge on any atom is -0.466 e. The van der Waals surface area contributed by atoms with Crippen molar-refractivity contribution in [1.82, 2.24) is 24.2 Å². The molecule has 0 saturated carbocycles. The molecule has 0 atom stereocenters. The van der Waals surface area contributed by atoms with Gasteiger partial charge >= 0.3 is 5.97 Å². The minimum absolute atomic E-state index is 0.0557. The molecule has 2 N–H and O–H groups in total. The van der Waals surface area contributed by atoms with Gasteiger partial charge in [0, 0.05) is 13.1 Å². The maximum absolute atomic E-state index is 12.1. The summed E-state index contributed by atoms with van der Waals surface area (Å²) >= 11 is 0. The fourth-order valence-electron chi connectivity index (χ4n) is 2.16. The first kappa shape index (κ1) is 15.9. The number of ether oxygens (including phenoxy) is 1. The maximum Gasteiger partial charge on any atom is 0.309 e. The summed E-state index contributed by atoms with van der Waals surface area (Å²) in [6, 6.07) is 0. The summed E-state index contributed by atoms with van der Waals surface area (Å²) in [7, 11) is -3.58. The van der Waals surface area contributed by atoms with Crippen LogP contribution in [0.2, 0.25) is 0 Å². The van der Waals surface area contributed by atoms with Gasteiger partial charge in [0.25, 0.3) is 10.2 Å². The highest BCUT2D eigenvalue weighted by Gasteiger charge is 2.31. The molecule has 21 heavy (non-hydrogen) atoms. The van der Waals surface area contributed by atoms with E-state index < -0.39 is 10.2 Å². The Hall–Kier alpha value is -1.52. The zero-order chi connectivity index (χ0) is 15.3. The van der Waals surface area contributed by atoms with Crippen LogP contribution in [0.25, 0.3) is 0 Å². The van der Waals surface area contributed by atoms with Crippen LogP contribution in [0.4, 0.5) is 0 Å². The third kappa shape index (κ3) is 4.22. The van der Waals surface area contributed by atoms with Gasteiger partial charge in [0.2, 0.25) is 0 Å². The third-order valence-corrected chi connectivity index (χ3v) is 4.85. The van der Waals surface area contributed by atoms with Crippen molar-refractivity contribution in [2.75, 3.05) is 19.7 Å². The maximum atomic E-state index is 12.1. The molecule has 1 fully saturated rings. The van der Waals surface area contributed by atoms with Gasteiger partial charge in [-0.2, -0.15) is 22.5 Å². The first-order valence-electron chi connectivity index (χ1n) is 6.78. The van der Waals surface area contributed by atoms with E-state index in [1.165, 1.54) is 10.6 Å². The molecule has 9 nitrogen and oxygen atoms in total. The lowest BCUT2D eigenvalue weighted by Crippen LogP contribution is -2.46.